The molecule has 1 radical (unpaired) electrons. The van der Waals surface area contributed by atoms with Crippen LogP contribution >= 0.6 is 11.3 Å². The quantitative estimate of drug-likeness (QED) is 0.770. The van der Waals surface area contributed by atoms with Crippen LogP contribution in [0.3, 0.4) is 0 Å². The number of hydrogen-bond donors (Lipinski definition) is 3. The number of benzene rings is 1. The highest BCUT2D eigenvalue weighted by Crippen LogP contribution is 2.18. The van der Waals surface area contributed by atoms with Gasteiger partial charge in [0.15, 0.2) is 5.13 Å². The molecule has 5 heteroatoms. The number of nitrogens with zero attached hydrogens (tertiary/aromatic N) is 1. The van der Waals surface area contributed by atoms with E-state index in [4.69, 9.17) is 5.73 Å². The standard InChI is InChI=1S/C13H16N3OS/c1-9(11-8-18-13(14)16-11)15-7-12(17)10-5-3-2-4-6-10/h2-6,8-9,12,15,17H,1,7H2,(H2,14,16)/t9-,12+/m1/s1. The lowest BCUT2D eigenvalue weighted by molar-refractivity contribution is 0.172. The Morgan fingerprint density at radius 2 is 2.11 bits per heavy atom. The van der Waals surface area contributed by atoms with Gasteiger partial charge in [-0.15, -0.1) is 11.3 Å². The van der Waals surface area contributed by atoms with Gasteiger partial charge in [-0.25, -0.2) is 4.98 Å². The molecule has 2 atom stereocenters. The minimum atomic E-state index is -0.550. The summed E-state index contributed by atoms with van der Waals surface area (Å²) in [5, 5.41) is 15.5. The Hall–Kier alpha value is -1.43. The number of aliphatic hydroxyl groups is 1. The highest BCUT2D eigenvalue weighted by atomic mass is 32.1. The third-order valence-electron chi connectivity index (χ3n) is 2.64. The van der Waals surface area contributed by atoms with Crippen LogP contribution in [0.2, 0.25) is 0 Å². The SMILES string of the molecule is [CH2][C@@H](NC[C@H](O)c1ccccc1)c1csc(N)n1. The number of aliphatic hydroxyl groups excluding tert-OH is 1. The molecule has 0 bridgehead atoms. The van der Waals surface area contributed by atoms with Crippen molar-refractivity contribution in [1.29, 1.82) is 0 Å². The van der Waals surface area contributed by atoms with Crippen LogP contribution in [0.15, 0.2) is 35.7 Å². The number of hydrogen-bond acceptors (Lipinski definition) is 5. The lowest BCUT2D eigenvalue weighted by Gasteiger charge is -2.15. The van der Waals surface area contributed by atoms with E-state index < -0.39 is 6.10 Å². The number of nitrogen functional groups attached to an aromatic ring is 1. The van der Waals surface area contributed by atoms with Gasteiger partial charge in [-0.1, -0.05) is 30.3 Å². The average molecular weight is 262 g/mol. The fourth-order valence-corrected chi connectivity index (χ4v) is 2.23. The van der Waals surface area contributed by atoms with Crippen LogP contribution in [0.4, 0.5) is 5.13 Å². The van der Waals surface area contributed by atoms with Gasteiger partial charge in [-0.05, 0) is 12.5 Å². The molecule has 0 aliphatic rings. The Kier molecular flexibility index (Phi) is 4.30. The second kappa shape index (κ2) is 5.95. The van der Waals surface area contributed by atoms with E-state index in [1.807, 2.05) is 35.7 Å². The highest BCUT2D eigenvalue weighted by Gasteiger charge is 2.12. The summed E-state index contributed by atoms with van der Waals surface area (Å²) in [6, 6.07) is 9.35. The first-order valence-corrected chi connectivity index (χ1v) is 6.55. The Morgan fingerprint density at radius 1 is 1.39 bits per heavy atom. The van der Waals surface area contributed by atoms with Crippen molar-refractivity contribution in [3.8, 4) is 0 Å². The topological polar surface area (TPSA) is 71.2 Å². The van der Waals surface area contributed by atoms with Crippen molar-refractivity contribution in [2.45, 2.75) is 12.1 Å². The molecule has 95 valence electrons. The normalized spacial score (nSPS) is 14.3. The average Bonchev–Trinajstić information content (AvgIpc) is 2.83. The molecule has 0 aliphatic carbocycles. The summed E-state index contributed by atoms with van der Waals surface area (Å²) >= 11 is 1.39. The minimum absolute atomic E-state index is 0.170. The van der Waals surface area contributed by atoms with Crippen molar-refractivity contribution in [1.82, 2.24) is 10.3 Å². The van der Waals surface area contributed by atoms with Gasteiger partial charge in [0.05, 0.1) is 17.8 Å². The van der Waals surface area contributed by atoms with E-state index in [1.54, 1.807) is 0 Å². The Balaban J connectivity index is 1.88. The molecule has 0 fully saturated rings. The van der Waals surface area contributed by atoms with Crippen LogP contribution < -0.4 is 11.1 Å². The molecule has 4 nitrogen and oxygen atoms in total. The number of nitrogens with two attached hydrogens (primary N) is 1. The zero-order valence-corrected chi connectivity index (χ0v) is 10.7. The second-order valence-corrected chi connectivity index (χ2v) is 4.89. The maximum absolute atomic E-state index is 9.99. The molecule has 0 aliphatic heterocycles. The van der Waals surface area contributed by atoms with Gasteiger partial charge < -0.3 is 16.2 Å². The van der Waals surface area contributed by atoms with Crippen LogP contribution in [0.25, 0.3) is 0 Å². The Bertz CT molecular complexity index is 486. The highest BCUT2D eigenvalue weighted by molar-refractivity contribution is 7.13. The Morgan fingerprint density at radius 3 is 2.72 bits per heavy atom. The zero-order chi connectivity index (χ0) is 13.0. The van der Waals surface area contributed by atoms with Crippen LogP contribution in [0.5, 0.6) is 0 Å². The third kappa shape index (κ3) is 3.29. The molecule has 1 aromatic heterocycles. The molecule has 2 rings (SSSR count). The summed E-state index contributed by atoms with van der Waals surface area (Å²) in [5.74, 6) is 0. The van der Waals surface area contributed by atoms with Crippen molar-refractivity contribution in [3.63, 3.8) is 0 Å². The van der Waals surface area contributed by atoms with Gasteiger partial charge in [-0.2, -0.15) is 0 Å². The smallest absolute Gasteiger partial charge is 0.180 e. The van der Waals surface area contributed by atoms with Crippen LogP contribution in [0, 0.1) is 6.92 Å². The molecule has 0 unspecified atom stereocenters. The Labute approximate surface area is 110 Å². The van der Waals surface area contributed by atoms with E-state index >= 15 is 0 Å². The fraction of sp³-hybridized carbons (Fsp3) is 0.231. The summed E-state index contributed by atoms with van der Waals surface area (Å²) < 4.78 is 0. The molecule has 0 spiro atoms. The monoisotopic (exact) mass is 262 g/mol. The van der Waals surface area contributed by atoms with Crippen LogP contribution in [-0.2, 0) is 0 Å². The molecule has 1 aromatic carbocycles. The van der Waals surface area contributed by atoms with Gasteiger partial charge in [-0.3, -0.25) is 0 Å². The first kappa shape index (κ1) is 13.0. The number of rotatable bonds is 5. The third-order valence-corrected chi connectivity index (χ3v) is 3.33. The first-order valence-electron chi connectivity index (χ1n) is 5.67. The van der Waals surface area contributed by atoms with E-state index in [2.05, 4.69) is 17.2 Å². The van der Waals surface area contributed by atoms with Crippen LogP contribution in [-0.4, -0.2) is 16.6 Å². The van der Waals surface area contributed by atoms with Gasteiger partial charge >= 0.3 is 0 Å². The maximum atomic E-state index is 9.99. The molecular weight excluding hydrogens is 246 g/mol. The maximum Gasteiger partial charge on any atom is 0.180 e. The van der Waals surface area contributed by atoms with Crippen molar-refractivity contribution in [3.05, 3.63) is 53.9 Å². The summed E-state index contributed by atoms with van der Waals surface area (Å²) in [6.07, 6.45) is -0.550. The summed E-state index contributed by atoms with van der Waals surface area (Å²) in [7, 11) is 0. The first-order chi connectivity index (χ1) is 8.66. The van der Waals surface area contributed by atoms with E-state index in [9.17, 15) is 5.11 Å². The van der Waals surface area contributed by atoms with Gasteiger partial charge in [0, 0.05) is 11.9 Å². The molecule has 4 N–H and O–H groups in total. The summed E-state index contributed by atoms with van der Waals surface area (Å²) in [5.41, 5.74) is 7.25. The van der Waals surface area contributed by atoms with E-state index in [0.717, 1.165) is 11.3 Å². The molecule has 0 amide bonds. The number of nitrogens with one attached hydrogen (secondary N) is 1. The van der Waals surface area contributed by atoms with Gasteiger partial charge in [0.2, 0.25) is 0 Å². The lowest BCUT2D eigenvalue weighted by atomic mass is 10.1. The summed E-state index contributed by atoms with van der Waals surface area (Å²) in [4.78, 5) is 4.15. The molecule has 0 saturated heterocycles. The van der Waals surface area contributed by atoms with Gasteiger partial charge in [0.1, 0.15) is 0 Å². The predicted molar refractivity (Wildman–Crippen MR) is 74.0 cm³/mol. The molecular formula is C13H16N3OS. The fourth-order valence-electron chi connectivity index (χ4n) is 1.61. The number of aromatic nitrogens is 1. The van der Waals surface area contributed by atoms with E-state index in [0.29, 0.717) is 11.7 Å². The second-order valence-electron chi connectivity index (χ2n) is 4.00. The van der Waals surface area contributed by atoms with E-state index in [1.165, 1.54) is 11.3 Å². The van der Waals surface area contributed by atoms with Gasteiger partial charge in [0.25, 0.3) is 0 Å². The van der Waals surface area contributed by atoms with E-state index in [-0.39, 0.29) is 6.04 Å². The minimum Gasteiger partial charge on any atom is -0.387 e. The molecule has 2 aromatic rings. The largest absolute Gasteiger partial charge is 0.387 e. The van der Waals surface area contributed by atoms with Crippen molar-refractivity contribution < 1.29 is 5.11 Å². The van der Waals surface area contributed by atoms with Crippen molar-refractivity contribution in [2.75, 3.05) is 12.3 Å². The molecule has 18 heavy (non-hydrogen) atoms. The lowest BCUT2D eigenvalue weighted by Crippen LogP contribution is -2.25. The molecule has 0 saturated carbocycles. The van der Waals surface area contributed by atoms with Crippen LogP contribution in [0.1, 0.15) is 23.4 Å². The zero-order valence-electron chi connectivity index (χ0n) is 9.91. The summed E-state index contributed by atoms with van der Waals surface area (Å²) in [6.45, 7) is 4.38. The predicted octanol–water partition coefficient (Wildman–Crippen LogP) is 1.92. The van der Waals surface area contributed by atoms with Crippen molar-refractivity contribution >= 4 is 16.5 Å². The van der Waals surface area contributed by atoms with Crippen molar-refractivity contribution in [2.24, 2.45) is 0 Å². The number of thiazole rings is 1. The number of anilines is 1. The molecule has 1 heterocycles.